The molecule has 0 radical (unpaired) electrons. The monoisotopic (exact) mass is 578 g/mol. The number of fused-ring (bicyclic) bond motifs is 1. The van der Waals surface area contributed by atoms with E-state index in [4.69, 9.17) is 4.74 Å². The number of benzene rings is 4. The molecule has 0 unspecified atom stereocenters. The maximum Gasteiger partial charge on any atom is 0.266 e. The highest BCUT2D eigenvalue weighted by atomic mass is 79.9. The fourth-order valence-electron chi connectivity index (χ4n) is 3.35. The highest BCUT2D eigenvalue weighted by Crippen LogP contribution is 2.36. The fraction of sp³-hybridized carbons (Fsp3) is 0.0370. The number of halogens is 3. The van der Waals surface area contributed by atoms with E-state index in [1.807, 2.05) is 24.3 Å². The van der Waals surface area contributed by atoms with Crippen LogP contribution in [0.4, 0.5) is 10.1 Å². The molecule has 34 heavy (non-hydrogen) atoms. The molecule has 1 amide bonds. The van der Waals surface area contributed by atoms with E-state index in [-0.39, 0.29) is 11.3 Å². The normalized spacial score (nSPS) is 11.2. The van der Waals surface area contributed by atoms with Crippen LogP contribution >= 0.6 is 31.9 Å². The van der Waals surface area contributed by atoms with Crippen molar-refractivity contribution in [1.29, 1.82) is 5.26 Å². The number of hydrogen-bond acceptors (Lipinski definition) is 3. The molecule has 4 rings (SSSR count). The van der Waals surface area contributed by atoms with Gasteiger partial charge in [0, 0.05) is 0 Å². The third-order valence-electron chi connectivity index (χ3n) is 5.02. The van der Waals surface area contributed by atoms with Crippen molar-refractivity contribution >= 4 is 60.3 Å². The summed E-state index contributed by atoms with van der Waals surface area (Å²) in [7, 11) is 0. The number of amides is 1. The van der Waals surface area contributed by atoms with E-state index in [2.05, 4.69) is 61.4 Å². The molecule has 0 fully saturated rings. The summed E-state index contributed by atoms with van der Waals surface area (Å²) in [6.45, 7) is 0.367. The Labute approximate surface area is 212 Å². The molecule has 0 saturated carbocycles. The van der Waals surface area contributed by atoms with Gasteiger partial charge < -0.3 is 10.1 Å². The summed E-state index contributed by atoms with van der Waals surface area (Å²) in [6, 6.07) is 25.4. The van der Waals surface area contributed by atoms with Crippen LogP contribution in [0.25, 0.3) is 16.8 Å². The number of rotatable bonds is 6. The molecule has 168 valence electrons. The predicted molar refractivity (Wildman–Crippen MR) is 139 cm³/mol. The minimum absolute atomic E-state index is 0.00782. The molecule has 0 heterocycles. The van der Waals surface area contributed by atoms with Crippen LogP contribution in [-0.2, 0) is 11.4 Å². The molecule has 1 N–H and O–H groups in total. The SMILES string of the molecule is N#C/C(=C/c1cc(Br)c(OCc2ccc3ccccc3c2)c(Br)c1)C(=O)Nc1ccccc1F. The summed E-state index contributed by atoms with van der Waals surface area (Å²) in [5.74, 6) is -0.678. The zero-order valence-corrected chi connectivity index (χ0v) is 20.9. The van der Waals surface area contributed by atoms with Gasteiger partial charge in [-0.25, -0.2) is 4.39 Å². The number of nitriles is 1. The Morgan fingerprint density at radius 3 is 2.35 bits per heavy atom. The maximum atomic E-state index is 13.8. The van der Waals surface area contributed by atoms with Gasteiger partial charge in [-0.1, -0.05) is 48.5 Å². The second-order valence-electron chi connectivity index (χ2n) is 7.39. The van der Waals surface area contributed by atoms with Gasteiger partial charge in [0.15, 0.2) is 0 Å². The van der Waals surface area contributed by atoms with E-state index in [1.54, 1.807) is 18.2 Å². The van der Waals surface area contributed by atoms with Gasteiger partial charge in [-0.05, 0) is 90.2 Å². The van der Waals surface area contributed by atoms with Gasteiger partial charge in [0.05, 0.1) is 14.6 Å². The van der Waals surface area contributed by atoms with Gasteiger partial charge in [-0.2, -0.15) is 5.26 Å². The number of carbonyl (C=O) groups is 1. The zero-order valence-electron chi connectivity index (χ0n) is 17.7. The van der Waals surface area contributed by atoms with Gasteiger partial charge >= 0.3 is 0 Å². The minimum atomic E-state index is -0.698. The highest BCUT2D eigenvalue weighted by Gasteiger charge is 2.14. The average molecular weight is 580 g/mol. The predicted octanol–water partition coefficient (Wildman–Crippen LogP) is 7.63. The Kier molecular flexibility index (Phi) is 7.41. The second-order valence-corrected chi connectivity index (χ2v) is 9.10. The van der Waals surface area contributed by atoms with Crippen molar-refractivity contribution in [3.63, 3.8) is 0 Å². The smallest absolute Gasteiger partial charge is 0.266 e. The molecule has 0 aliphatic rings. The number of para-hydroxylation sites is 1. The van der Waals surface area contributed by atoms with Crippen LogP contribution in [0.2, 0.25) is 0 Å². The Bertz CT molecular complexity index is 1440. The minimum Gasteiger partial charge on any atom is -0.487 e. The van der Waals surface area contributed by atoms with E-state index in [0.29, 0.717) is 26.9 Å². The first-order valence-electron chi connectivity index (χ1n) is 10.2. The largest absolute Gasteiger partial charge is 0.487 e. The summed E-state index contributed by atoms with van der Waals surface area (Å²) in [5, 5.41) is 14.2. The van der Waals surface area contributed by atoms with E-state index in [9.17, 15) is 14.4 Å². The number of carbonyl (C=O) groups excluding carboxylic acids is 1. The zero-order chi connectivity index (χ0) is 24.1. The lowest BCUT2D eigenvalue weighted by Crippen LogP contribution is -2.14. The third kappa shape index (κ3) is 5.53. The molecule has 0 aromatic heterocycles. The van der Waals surface area contributed by atoms with Crippen LogP contribution in [0.3, 0.4) is 0 Å². The second kappa shape index (κ2) is 10.6. The van der Waals surface area contributed by atoms with Crippen molar-refractivity contribution < 1.29 is 13.9 Å². The molecular formula is C27H17Br2FN2O2. The van der Waals surface area contributed by atoms with E-state index in [1.165, 1.54) is 24.3 Å². The first-order valence-corrected chi connectivity index (χ1v) is 11.8. The molecule has 4 aromatic rings. The standard InChI is InChI=1S/C27H17Br2FN2O2/c28-22-13-18(12-21(15-31)27(33)32-25-8-4-3-7-24(25)30)14-23(29)26(22)34-16-17-9-10-19-5-1-2-6-20(19)11-17/h1-14H,16H2,(H,32,33)/b21-12-. The van der Waals surface area contributed by atoms with Crippen LogP contribution < -0.4 is 10.1 Å². The van der Waals surface area contributed by atoms with Gasteiger partial charge in [0.2, 0.25) is 0 Å². The summed E-state index contributed by atoms with van der Waals surface area (Å²) in [4.78, 5) is 12.5. The van der Waals surface area contributed by atoms with Crippen molar-refractivity contribution in [1.82, 2.24) is 0 Å². The van der Waals surface area contributed by atoms with Crippen molar-refractivity contribution in [2.45, 2.75) is 6.61 Å². The molecular weight excluding hydrogens is 563 g/mol. The lowest BCUT2D eigenvalue weighted by Gasteiger charge is -2.12. The molecule has 0 saturated heterocycles. The Morgan fingerprint density at radius 1 is 0.971 bits per heavy atom. The lowest BCUT2D eigenvalue weighted by atomic mass is 10.1. The molecule has 4 nitrogen and oxygen atoms in total. The summed E-state index contributed by atoms with van der Waals surface area (Å²) in [5.41, 5.74) is 1.47. The Morgan fingerprint density at radius 2 is 1.65 bits per heavy atom. The Balaban J connectivity index is 1.51. The first-order chi connectivity index (χ1) is 16.4. The first kappa shape index (κ1) is 23.7. The lowest BCUT2D eigenvalue weighted by molar-refractivity contribution is -0.112. The quantitative estimate of drug-likeness (QED) is 0.189. The van der Waals surface area contributed by atoms with Crippen LogP contribution in [0.5, 0.6) is 5.75 Å². The fourth-order valence-corrected chi connectivity index (χ4v) is 4.80. The van der Waals surface area contributed by atoms with Crippen molar-refractivity contribution in [3.8, 4) is 11.8 Å². The molecule has 0 aliphatic carbocycles. The number of anilines is 1. The summed E-state index contributed by atoms with van der Waals surface area (Å²) in [6.07, 6.45) is 1.43. The maximum absolute atomic E-state index is 13.8. The van der Waals surface area contributed by atoms with Crippen LogP contribution in [-0.4, -0.2) is 5.91 Å². The molecule has 0 aliphatic heterocycles. The van der Waals surface area contributed by atoms with Gasteiger partial charge in [0.25, 0.3) is 5.91 Å². The van der Waals surface area contributed by atoms with Gasteiger partial charge in [-0.15, -0.1) is 0 Å². The number of hydrogen-bond donors (Lipinski definition) is 1. The summed E-state index contributed by atoms with van der Waals surface area (Å²) < 4.78 is 21.2. The summed E-state index contributed by atoms with van der Waals surface area (Å²) >= 11 is 7.01. The Hall–Kier alpha value is -3.47. The number of nitrogens with zero attached hydrogens (tertiary/aromatic N) is 1. The molecule has 4 aromatic carbocycles. The number of ether oxygens (including phenoxy) is 1. The van der Waals surface area contributed by atoms with Crippen molar-refractivity contribution in [2.24, 2.45) is 0 Å². The van der Waals surface area contributed by atoms with Crippen LogP contribution in [0.1, 0.15) is 11.1 Å². The van der Waals surface area contributed by atoms with Crippen LogP contribution in [0.15, 0.2) is 93.4 Å². The molecule has 0 bridgehead atoms. The number of nitrogens with one attached hydrogen (secondary N) is 1. The van der Waals surface area contributed by atoms with Gasteiger partial charge in [0.1, 0.15) is 29.8 Å². The molecule has 0 spiro atoms. The van der Waals surface area contributed by atoms with Gasteiger partial charge in [-0.3, -0.25) is 4.79 Å². The van der Waals surface area contributed by atoms with Crippen LogP contribution in [0, 0.1) is 17.1 Å². The van der Waals surface area contributed by atoms with Crippen molar-refractivity contribution in [2.75, 3.05) is 5.32 Å². The highest BCUT2D eigenvalue weighted by molar-refractivity contribution is 9.11. The van der Waals surface area contributed by atoms with E-state index in [0.717, 1.165) is 16.3 Å². The molecule has 7 heteroatoms. The average Bonchev–Trinajstić information content (AvgIpc) is 2.83. The van der Waals surface area contributed by atoms with Crippen molar-refractivity contribution in [3.05, 3.63) is 110 Å². The third-order valence-corrected chi connectivity index (χ3v) is 6.19. The van der Waals surface area contributed by atoms with E-state index >= 15 is 0 Å². The van der Waals surface area contributed by atoms with E-state index < -0.39 is 11.7 Å². The topological polar surface area (TPSA) is 62.1 Å². The molecule has 0 atom stereocenters.